The molecule has 0 atom stereocenters. The Balaban J connectivity index is 1.73. The Labute approximate surface area is 116 Å². The number of rotatable bonds is 4. The van der Waals surface area contributed by atoms with Gasteiger partial charge < -0.3 is 14.5 Å². The molecule has 0 aliphatic carbocycles. The number of fused-ring (bicyclic) bond motifs is 1. The molecule has 0 saturated heterocycles. The third kappa shape index (κ3) is 2.47. The minimum atomic E-state index is -3.59. The lowest BCUT2D eigenvalue weighted by atomic mass is 10.2. The van der Waals surface area contributed by atoms with Crippen molar-refractivity contribution < 1.29 is 17.9 Å². The zero-order valence-corrected chi connectivity index (χ0v) is 11.5. The van der Waals surface area contributed by atoms with Gasteiger partial charge in [0.25, 0.3) is 10.0 Å². The van der Waals surface area contributed by atoms with Crippen molar-refractivity contribution in [3.8, 4) is 11.5 Å². The maximum absolute atomic E-state index is 12.0. The van der Waals surface area contributed by atoms with E-state index in [4.69, 9.17) is 9.47 Å². The monoisotopic (exact) mass is 295 g/mol. The third-order valence-corrected chi connectivity index (χ3v) is 4.18. The van der Waals surface area contributed by atoms with Gasteiger partial charge in [-0.3, -0.25) is 0 Å². The predicted molar refractivity (Wildman–Crippen MR) is 69.9 cm³/mol. The van der Waals surface area contributed by atoms with Crippen LogP contribution in [0.2, 0.25) is 0 Å². The lowest BCUT2D eigenvalue weighted by Gasteiger charge is -2.05. The Morgan fingerprint density at radius 1 is 1.35 bits per heavy atom. The molecule has 8 heteroatoms. The summed E-state index contributed by atoms with van der Waals surface area (Å²) in [7, 11) is -3.59. The van der Waals surface area contributed by atoms with E-state index in [1.165, 1.54) is 6.20 Å². The molecule has 0 unspecified atom stereocenters. The van der Waals surface area contributed by atoms with E-state index in [-0.39, 0.29) is 18.4 Å². The van der Waals surface area contributed by atoms with Crippen LogP contribution in [-0.2, 0) is 16.6 Å². The molecule has 106 valence electrons. The fourth-order valence-corrected chi connectivity index (χ4v) is 2.83. The lowest BCUT2D eigenvalue weighted by molar-refractivity contribution is 0.174. The van der Waals surface area contributed by atoms with Crippen LogP contribution >= 0.6 is 0 Å². The molecule has 0 bridgehead atoms. The van der Waals surface area contributed by atoms with Crippen molar-refractivity contribution in [1.82, 2.24) is 14.7 Å². The van der Waals surface area contributed by atoms with Gasteiger partial charge in [0.05, 0.1) is 6.20 Å². The summed E-state index contributed by atoms with van der Waals surface area (Å²) in [6.07, 6.45) is 1.29. The van der Waals surface area contributed by atoms with E-state index in [1.807, 2.05) is 0 Å². The van der Waals surface area contributed by atoms with Crippen LogP contribution in [0.5, 0.6) is 11.5 Å². The fourth-order valence-electron chi connectivity index (χ4n) is 1.84. The van der Waals surface area contributed by atoms with Gasteiger partial charge in [-0.2, -0.15) is 0 Å². The summed E-state index contributed by atoms with van der Waals surface area (Å²) in [5, 5.41) is 0.0516. The number of hydrogen-bond acceptors (Lipinski definition) is 5. The maximum Gasteiger partial charge on any atom is 0.257 e. The number of benzene rings is 1. The summed E-state index contributed by atoms with van der Waals surface area (Å²) < 4.78 is 37.0. The highest BCUT2D eigenvalue weighted by Crippen LogP contribution is 2.32. The summed E-state index contributed by atoms with van der Waals surface area (Å²) in [5.41, 5.74) is 0.786. The number of nitrogens with zero attached hydrogens (tertiary/aromatic N) is 1. The molecule has 2 aromatic rings. The normalized spacial score (nSPS) is 13.7. The van der Waals surface area contributed by atoms with Gasteiger partial charge in [0.1, 0.15) is 5.82 Å². The Morgan fingerprint density at radius 3 is 2.90 bits per heavy atom. The minimum absolute atomic E-state index is 0.0516. The Morgan fingerprint density at radius 2 is 2.15 bits per heavy atom. The first-order valence-electron chi connectivity index (χ1n) is 5.94. The number of ether oxygens (including phenoxy) is 2. The van der Waals surface area contributed by atoms with Crippen molar-refractivity contribution in [1.29, 1.82) is 0 Å². The molecule has 7 nitrogen and oxygen atoms in total. The van der Waals surface area contributed by atoms with E-state index in [9.17, 15) is 8.42 Å². The number of aromatic nitrogens is 2. The molecule has 2 heterocycles. The highest BCUT2D eigenvalue weighted by atomic mass is 32.2. The van der Waals surface area contributed by atoms with E-state index in [0.29, 0.717) is 17.3 Å². The smallest absolute Gasteiger partial charge is 0.257 e. The van der Waals surface area contributed by atoms with Crippen LogP contribution in [0.4, 0.5) is 0 Å². The van der Waals surface area contributed by atoms with Crippen LogP contribution in [0.15, 0.2) is 29.4 Å². The highest BCUT2D eigenvalue weighted by Gasteiger charge is 2.17. The van der Waals surface area contributed by atoms with E-state index in [2.05, 4.69) is 14.7 Å². The molecular weight excluding hydrogens is 282 g/mol. The number of nitrogens with one attached hydrogen (secondary N) is 2. The largest absolute Gasteiger partial charge is 0.454 e. The zero-order chi connectivity index (χ0) is 14.2. The van der Waals surface area contributed by atoms with Crippen LogP contribution < -0.4 is 14.2 Å². The maximum atomic E-state index is 12.0. The average molecular weight is 295 g/mol. The van der Waals surface area contributed by atoms with Gasteiger partial charge >= 0.3 is 0 Å². The van der Waals surface area contributed by atoms with Crippen molar-refractivity contribution in [2.75, 3.05) is 6.79 Å². The number of H-pyrrole nitrogens is 1. The van der Waals surface area contributed by atoms with Crippen LogP contribution in [-0.4, -0.2) is 25.2 Å². The Hall–Kier alpha value is -2.06. The predicted octanol–water partition coefficient (Wildman–Crippen LogP) is 0.925. The first kappa shape index (κ1) is 12.9. The van der Waals surface area contributed by atoms with Gasteiger partial charge in [0, 0.05) is 6.54 Å². The standard InChI is InChI=1S/C12H13N3O4S/c1-8-13-6-12(15-8)20(16,17)14-5-9-2-3-10-11(4-9)19-7-18-10/h2-4,6,14H,5,7H2,1H3,(H,13,15). The van der Waals surface area contributed by atoms with Crippen molar-refractivity contribution in [2.45, 2.75) is 18.5 Å². The molecule has 3 rings (SSSR count). The van der Waals surface area contributed by atoms with Crippen LogP contribution in [0.25, 0.3) is 0 Å². The van der Waals surface area contributed by atoms with Crippen molar-refractivity contribution in [3.05, 3.63) is 35.8 Å². The number of sulfonamides is 1. The number of hydrogen-bond donors (Lipinski definition) is 2. The van der Waals surface area contributed by atoms with Gasteiger partial charge in [-0.1, -0.05) is 6.07 Å². The summed E-state index contributed by atoms with van der Waals surface area (Å²) in [6, 6.07) is 5.30. The van der Waals surface area contributed by atoms with Crippen LogP contribution in [0.1, 0.15) is 11.4 Å². The second-order valence-corrected chi connectivity index (χ2v) is 6.08. The van der Waals surface area contributed by atoms with E-state index < -0.39 is 10.0 Å². The molecule has 0 amide bonds. The SMILES string of the molecule is Cc1ncc(S(=O)(=O)NCc2ccc3c(c2)OCO3)[nH]1. The van der Waals surface area contributed by atoms with E-state index >= 15 is 0 Å². The second kappa shape index (κ2) is 4.80. The number of aryl methyl sites for hydroxylation is 1. The molecule has 0 saturated carbocycles. The number of imidazole rings is 1. The topological polar surface area (TPSA) is 93.3 Å². The molecule has 0 fully saturated rings. The van der Waals surface area contributed by atoms with Crippen molar-refractivity contribution >= 4 is 10.0 Å². The zero-order valence-electron chi connectivity index (χ0n) is 10.7. The molecule has 1 aromatic carbocycles. The first-order chi connectivity index (χ1) is 9.54. The quantitative estimate of drug-likeness (QED) is 0.875. The highest BCUT2D eigenvalue weighted by molar-refractivity contribution is 7.89. The average Bonchev–Trinajstić information content (AvgIpc) is 3.04. The summed E-state index contributed by atoms with van der Waals surface area (Å²) in [5.74, 6) is 1.84. The van der Waals surface area contributed by atoms with E-state index in [1.54, 1.807) is 25.1 Å². The Kier molecular flexibility index (Phi) is 3.11. The first-order valence-corrected chi connectivity index (χ1v) is 7.43. The molecule has 20 heavy (non-hydrogen) atoms. The lowest BCUT2D eigenvalue weighted by Crippen LogP contribution is -2.23. The van der Waals surface area contributed by atoms with Crippen LogP contribution in [0.3, 0.4) is 0 Å². The van der Waals surface area contributed by atoms with Gasteiger partial charge in [0.15, 0.2) is 16.5 Å². The summed E-state index contributed by atoms with van der Waals surface area (Å²) >= 11 is 0. The van der Waals surface area contributed by atoms with Gasteiger partial charge in [-0.25, -0.2) is 18.1 Å². The second-order valence-electron chi connectivity index (χ2n) is 4.35. The van der Waals surface area contributed by atoms with Gasteiger partial charge in [-0.05, 0) is 24.6 Å². The van der Waals surface area contributed by atoms with Gasteiger partial charge in [0.2, 0.25) is 6.79 Å². The van der Waals surface area contributed by atoms with Crippen molar-refractivity contribution in [3.63, 3.8) is 0 Å². The molecule has 2 N–H and O–H groups in total. The minimum Gasteiger partial charge on any atom is -0.454 e. The van der Waals surface area contributed by atoms with Crippen LogP contribution in [0, 0.1) is 6.92 Å². The molecule has 0 radical (unpaired) electrons. The molecule has 0 spiro atoms. The molecule has 1 aliphatic rings. The molecular formula is C12H13N3O4S. The third-order valence-electron chi connectivity index (χ3n) is 2.87. The Bertz CT molecular complexity index is 739. The summed E-state index contributed by atoms with van der Waals surface area (Å²) in [4.78, 5) is 6.56. The molecule has 1 aliphatic heterocycles. The fraction of sp³-hybridized carbons (Fsp3) is 0.250. The van der Waals surface area contributed by atoms with Gasteiger partial charge in [-0.15, -0.1) is 0 Å². The summed E-state index contributed by atoms with van der Waals surface area (Å²) in [6.45, 7) is 2.05. The molecule has 1 aromatic heterocycles. The van der Waals surface area contributed by atoms with Crippen molar-refractivity contribution in [2.24, 2.45) is 0 Å². The van der Waals surface area contributed by atoms with E-state index in [0.717, 1.165) is 5.56 Å². The number of aromatic amines is 1.